The number of aliphatic carboxylic acids is 2. The van der Waals surface area contributed by atoms with Crippen LogP contribution in [0.3, 0.4) is 0 Å². The Labute approximate surface area is 220 Å². The molecule has 0 aliphatic carbocycles. The lowest BCUT2D eigenvalue weighted by Crippen LogP contribution is -2.57. The van der Waals surface area contributed by atoms with Crippen molar-refractivity contribution in [3.8, 4) is 0 Å². The molecule has 0 saturated carbocycles. The minimum atomic E-state index is -1.69. The highest BCUT2D eigenvalue weighted by molar-refractivity contribution is 7.98. The Morgan fingerprint density at radius 2 is 1.46 bits per heavy atom. The fourth-order valence-electron chi connectivity index (χ4n) is 3.39. The summed E-state index contributed by atoms with van der Waals surface area (Å²) in [6.45, 7) is 0.398. The van der Waals surface area contributed by atoms with Crippen molar-refractivity contribution in [2.24, 2.45) is 11.5 Å². The van der Waals surface area contributed by atoms with E-state index in [9.17, 15) is 29.1 Å². The summed E-state index contributed by atoms with van der Waals surface area (Å²) < 4.78 is 0. The first-order chi connectivity index (χ1) is 17.6. The van der Waals surface area contributed by atoms with Gasteiger partial charge in [-0.2, -0.15) is 11.8 Å². The zero-order chi connectivity index (χ0) is 27.8. The van der Waals surface area contributed by atoms with Crippen LogP contribution >= 0.6 is 11.8 Å². The SMILES string of the molecule is CSCCC(N)C(=O)NC(CCCCN)C(=O)NC(Cc1ccccc1)C(=O)NC(CC(=O)O)C(=O)O. The molecule has 13 heteroatoms. The van der Waals surface area contributed by atoms with Crippen LogP contribution in [-0.4, -0.2) is 82.6 Å². The molecule has 0 aliphatic heterocycles. The van der Waals surface area contributed by atoms with Crippen LogP contribution < -0.4 is 27.4 Å². The van der Waals surface area contributed by atoms with Crippen LogP contribution in [0.5, 0.6) is 0 Å². The molecule has 1 aromatic carbocycles. The van der Waals surface area contributed by atoms with E-state index in [0.29, 0.717) is 37.1 Å². The third kappa shape index (κ3) is 12.6. The topological polar surface area (TPSA) is 214 Å². The van der Waals surface area contributed by atoms with Crippen molar-refractivity contribution >= 4 is 41.4 Å². The second-order valence-electron chi connectivity index (χ2n) is 8.48. The van der Waals surface area contributed by atoms with Gasteiger partial charge in [-0.05, 0) is 49.8 Å². The summed E-state index contributed by atoms with van der Waals surface area (Å²) in [7, 11) is 0. The Morgan fingerprint density at radius 3 is 2.03 bits per heavy atom. The van der Waals surface area contributed by atoms with Crippen LogP contribution in [0.2, 0.25) is 0 Å². The van der Waals surface area contributed by atoms with Gasteiger partial charge in [0.2, 0.25) is 17.7 Å². The standard InChI is InChI=1S/C24H37N5O7S/c1-37-12-10-16(26)21(32)27-17(9-5-6-11-25)22(33)28-18(13-15-7-3-2-4-8-15)23(34)29-19(24(35)36)14-20(30)31/h2-4,7-8,16-19H,5-6,9-14,25-26H2,1H3,(H,27,32)(H,28,33)(H,29,34)(H,30,31)(H,35,36). The molecule has 0 heterocycles. The molecule has 0 aromatic heterocycles. The fourth-order valence-corrected chi connectivity index (χ4v) is 3.88. The van der Waals surface area contributed by atoms with Crippen LogP contribution in [0, 0.1) is 0 Å². The Balaban J connectivity index is 3.10. The molecule has 1 aromatic rings. The fraction of sp³-hybridized carbons (Fsp3) is 0.542. The monoisotopic (exact) mass is 539 g/mol. The summed E-state index contributed by atoms with van der Waals surface area (Å²) in [5, 5.41) is 25.7. The number of hydrogen-bond donors (Lipinski definition) is 7. The van der Waals surface area contributed by atoms with Crippen LogP contribution in [0.4, 0.5) is 0 Å². The second-order valence-corrected chi connectivity index (χ2v) is 9.47. The van der Waals surface area contributed by atoms with Gasteiger partial charge in [-0.15, -0.1) is 0 Å². The molecule has 0 spiro atoms. The number of carboxylic acid groups (broad SMARTS) is 2. The minimum Gasteiger partial charge on any atom is -0.481 e. The molecule has 12 nitrogen and oxygen atoms in total. The predicted octanol–water partition coefficient (Wildman–Crippen LogP) is -0.548. The first-order valence-corrected chi connectivity index (χ1v) is 13.3. The highest BCUT2D eigenvalue weighted by Crippen LogP contribution is 2.08. The summed E-state index contributed by atoms with van der Waals surface area (Å²) in [5.74, 6) is -4.28. The van der Waals surface area contributed by atoms with Gasteiger partial charge in [0.1, 0.15) is 18.1 Å². The van der Waals surface area contributed by atoms with E-state index in [0.717, 1.165) is 0 Å². The van der Waals surface area contributed by atoms with E-state index < -0.39 is 60.2 Å². The Bertz CT molecular complexity index is 903. The van der Waals surface area contributed by atoms with E-state index in [-0.39, 0.29) is 12.8 Å². The number of carboxylic acids is 2. The van der Waals surface area contributed by atoms with Crippen molar-refractivity contribution < 1.29 is 34.2 Å². The number of rotatable bonds is 18. The molecule has 206 valence electrons. The van der Waals surface area contributed by atoms with Crippen molar-refractivity contribution in [2.45, 2.75) is 62.7 Å². The molecule has 9 N–H and O–H groups in total. The van der Waals surface area contributed by atoms with Gasteiger partial charge < -0.3 is 37.6 Å². The molecule has 0 radical (unpaired) electrons. The van der Waals surface area contributed by atoms with Gasteiger partial charge in [0, 0.05) is 6.42 Å². The van der Waals surface area contributed by atoms with Crippen LogP contribution in [0.25, 0.3) is 0 Å². The summed E-state index contributed by atoms with van der Waals surface area (Å²) in [4.78, 5) is 61.3. The number of amides is 3. The molecular weight excluding hydrogens is 502 g/mol. The van der Waals surface area contributed by atoms with Gasteiger partial charge in [0.15, 0.2) is 0 Å². The van der Waals surface area contributed by atoms with Crippen molar-refractivity contribution in [3.05, 3.63) is 35.9 Å². The highest BCUT2D eigenvalue weighted by Gasteiger charge is 2.31. The maximum absolute atomic E-state index is 13.2. The lowest BCUT2D eigenvalue weighted by atomic mass is 10.0. The van der Waals surface area contributed by atoms with Crippen LogP contribution in [0.15, 0.2) is 30.3 Å². The number of carbonyl (C=O) groups is 5. The Kier molecular flexibility index (Phi) is 14.9. The summed E-state index contributed by atoms with van der Waals surface area (Å²) in [6, 6.07) is 3.97. The van der Waals surface area contributed by atoms with E-state index in [1.807, 2.05) is 6.26 Å². The van der Waals surface area contributed by atoms with Crippen molar-refractivity contribution in [2.75, 3.05) is 18.6 Å². The van der Waals surface area contributed by atoms with Crippen molar-refractivity contribution in [1.29, 1.82) is 0 Å². The molecule has 1 rings (SSSR count). The van der Waals surface area contributed by atoms with Gasteiger partial charge in [-0.25, -0.2) is 4.79 Å². The van der Waals surface area contributed by atoms with Crippen LogP contribution in [0.1, 0.15) is 37.7 Å². The highest BCUT2D eigenvalue weighted by atomic mass is 32.2. The average molecular weight is 540 g/mol. The minimum absolute atomic E-state index is 0.00846. The Morgan fingerprint density at radius 1 is 0.865 bits per heavy atom. The van der Waals surface area contributed by atoms with Gasteiger partial charge in [-0.1, -0.05) is 30.3 Å². The molecular formula is C24H37N5O7S. The number of nitrogens with one attached hydrogen (secondary N) is 3. The summed E-state index contributed by atoms with van der Waals surface area (Å²) in [6.07, 6.45) is 2.87. The largest absolute Gasteiger partial charge is 0.481 e. The molecule has 0 fully saturated rings. The van der Waals surface area contributed by atoms with Gasteiger partial charge >= 0.3 is 11.9 Å². The first kappa shape index (κ1) is 31.9. The van der Waals surface area contributed by atoms with Crippen molar-refractivity contribution in [1.82, 2.24) is 16.0 Å². The second kappa shape index (κ2) is 17.3. The number of thioether (sulfide) groups is 1. The molecule has 37 heavy (non-hydrogen) atoms. The number of nitrogens with two attached hydrogens (primary N) is 2. The molecule has 0 saturated heterocycles. The molecule has 4 unspecified atom stereocenters. The van der Waals surface area contributed by atoms with E-state index in [2.05, 4.69) is 16.0 Å². The Hall–Kier alpha value is -3.16. The molecule has 3 amide bonds. The van der Waals surface area contributed by atoms with E-state index >= 15 is 0 Å². The zero-order valence-corrected chi connectivity index (χ0v) is 21.7. The van der Waals surface area contributed by atoms with Crippen molar-refractivity contribution in [3.63, 3.8) is 0 Å². The first-order valence-electron chi connectivity index (χ1n) is 11.9. The third-order valence-corrected chi connectivity index (χ3v) is 6.10. The maximum atomic E-state index is 13.2. The lowest BCUT2D eigenvalue weighted by Gasteiger charge is -2.25. The van der Waals surface area contributed by atoms with Gasteiger partial charge in [0.25, 0.3) is 0 Å². The smallest absolute Gasteiger partial charge is 0.326 e. The number of hydrogen-bond acceptors (Lipinski definition) is 8. The molecule has 0 bridgehead atoms. The van der Waals surface area contributed by atoms with Gasteiger partial charge in [0.05, 0.1) is 12.5 Å². The number of benzene rings is 1. The summed E-state index contributed by atoms with van der Waals surface area (Å²) >= 11 is 1.54. The van der Waals surface area contributed by atoms with Crippen LogP contribution in [-0.2, 0) is 30.4 Å². The molecule has 4 atom stereocenters. The lowest BCUT2D eigenvalue weighted by molar-refractivity contribution is -0.147. The quantitative estimate of drug-likeness (QED) is 0.118. The normalized spacial score (nSPS) is 14.0. The average Bonchev–Trinajstić information content (AvgIpc) is 2.85. The zero-order valence-electron chi connectivity index (χ0n) is 20.9. The molecule has 0 aliphatic rings. The van der Waals surface area contributed by atoms with E-state index in [1.165, 1.54) is 11.8 Å². The van der Waals surface area contributed by atoms with E-state index in [4.69, 9.17) is 16.6 Å². The number of unbranched alkanes of at least 4 members (excludes halogenated alkanes) is 1. The maximum Gasteiger partial charge on any atom is 0.326 e. The number of carbonyl (C=O) groups excluding carboxylic acids is 3. The summed E-state index contributed by atoms with van der Waals surface area (Å²) in [5.41, 5.74) is 12.2. The predicted molar refractivity (Wildman–Crippen MR) is 140 cm³/mol. The van der Waals surface area contributed by atoms with Gasteiger partial charge in [-0.3, -0.25) is 19.2 Å². The van der Waals surface area contributed by atoms with E-state index in [1.54, 1.807) is 30.3 Å². The third-order valence-electron chi connectivity index (χ3n) is 5.46.